The second-order valence-electron chi connectivity index (χ2n) is 11.1. The van der Waals surface area contributed by atoms with Gasteiger partial charge in [0, 0.05) is 43.4 Å². The van der Waals surface area contributed by atoms with Crippen LogP contribution in [0.25, 0.3) is 0 Å². The first-order valence-electron chi connectivity index (χ1n) is 13.6. The number of imide groups is 1. The third-order valence-corrected chi connectivity index (χ3v) is 7.64. The molecule has 44 heavy (non-hydrogen) atoms. The number of carbonyl (C=O) groups excluding carboxylic acids is 4. The number of carbonyl (C=O) groups is 4. The zero-order valence-electron chi connectivity index (χ0n) is 25.1. The van der Waals surface area contributed by atoms with Gasteiger partial charge in [0.2, 0.25) is 5.91 Å². The second-order valence-corrected chi connectivity index (χ2v) is 13.4. The number of hydrogen-bond acceptors (Lipinski definition) is 10. The van der Waals surface area contributed by atoms with Gasteiger partial charge in [-0.3, -0.25) is 34.5 Å². The molecule has 0 aromatic heterocycles. The van der Waals surface area contributed by atoms with E-state index < -0.39 is 49.3 Å². The Morgan fingerprint density at radius 2 is 1.73 bits per heavy atom. The van der Waals surface area contributed by atoms with E-state index in [2.05, 4.69) is 20.7 Å². The van der Waals surface area contributed by atoms with Crippen LogP contribution in [-0.4, -0.2) is 88.3 Å². The highest BCUT2D eigenvalue weighted by molar-refractivity contribution is 7.99. The number of nitrogens with one attached hydrogen (secondary N) is 3. The summed E-state index contributed by atoms with van der Waals surface area (Å²) < 4.78 is 20.9. The van der Waals surface area contributed by atoms with Crippen LogP contribution in [0, 0.1) is 0 Å². The van der Waals surface area contributed by atoms with Crippen LogP contribution in [0.15, 0.2) is 48.5 Å². The van der Waals surface area contributed by atoms with Crippen molar-refractivity contribution in [1.29, 1.82) is 0 Å². The number of benzene rings is 2. The van der Waals surface area contributed by atoms with Crippen LogP contribution in [-0.2, 0) is 25.3 Å². The summed E-state index contributed by atoms with van der Waals surface area (Å²) in [5.74, 6) is -1.02. The third kappa shape index (κ3) is 10.8. The first-order valence-corrected chi connectivity index (χ1v) is 16.3. The molecule has 1 saturated heterocycles. The fourth-order valence-electron chi connectivity index (χ4n) is 4.08. The van der Waals surface area contributed by atoms with Gasteiger partial charge in [0.15, 0.2) is 0 Å². The van der Waals surface area contributed by atoms with Crippen LogP contribution in [0.1, 0.15) is 36.7 Å². The van der Waals surface area contributed by atoms with E-state index in [-0.39, 0.29) is 24.5 Å². The van der Waals surface area contributed by atoms with Crippen molar-refractivity contribution in [1.82, 2.24) is 21.1 Å². The molecule has 1 fully saturated rings. The fraction of sp³-hybridized carbons (Fsp3) is 0.429. The number of hydrazine groups is 1. The average molecular weight is 652 g/mol. The van der Waals surface area contributed by atoms with E-state index in [1.807, 2.05) is 19.0 Å². The Labute approximate surface area is 260 Å². The number of hydrogen-bond donors (Lipinski definition) is 5. The smallest absolute Gasteiger partial charge is 0.443 e. The number of phosphoric acid groups is 1. The molecule has 1 aliphatic heterocycles. The number of phosphoric ester groups is 1. The van der Waals surface area contributed by atoms with Gasteiger partial charge in [-0.2, -0.15) is 11.8 Å². The number of ether oxygens (including phenoxy) is 1. The third-order valence-electron chi connectivity index (χ3n) is 6.15. The standard InChI is InChI=1S/C28H38N5O9PS/c1-28(2,3)41-27(37)31-30-22(16-18-6-12-21(13-7-18)42-43(38,39)40)24(34)29-23-17-44-15-14-33(26(23)36)25(35)19-8-10-20(11-9-19)32(4)5/h6-13,22-23,30H,14-17H2,1-5H3,(H,29,34)(H,31,37)(H2,38,39,40)/t22-,23-/m0/s1. The Hall–Kier alpha value is -3.62. The Morgan fingerprint density at radius 3 is 2.30 bits per heavy atom. The predicted molar refractivity (Wildman–Crippen MR) is 165 cm³/mol. The zero-order chi connectivity index (χ0) is 32.7. The van der Waals surface area contributed by atoms with Crippen molar-refractivity contribution >= 4 is 49.1 Å². The van der Waals surface area contributed by atoms with Crippen molar-refractivity contribution < 1.29 is 42.8 Å². The highest BCUT2D eigenvalue weighted by Gasteiger charge is 2.34. The lowest BCUT2D eigenvalue weighted by molar-refractivity contribution is -0.134. The second kappa shape index (κ2) is 14.9. The summed E-state index contributed by atoms with van der Waals surface area (Å²) in [6, 6.07) is 10.4. The van der Waals surface area contributed by atoms with E-state index >= 15 is 0 Å². The number of nitrogens with zero attached hydrogens (tertiary/aromatic N) is 2. The summed E-state index contributed by atoms with van der Waals surface area (Å²) in [6.07, 6.45) is -0.842. The lowest BCUT2D eigenvalue weighted by atomic mass is 10.1. The van der Waals surface area contributed by atoms with Crippen molar-refractivity contribution in [2.45, 2.75) is 44.9 Å². The molecule has 0 unspecified atom stereocenters. The Bertz CT molecular complexity index is 1380. The van der Waals surface area contributed by atoms with Crippen LogP contribution in [0.3, 0.4) is 0 Å². The minimum atomic E-state index is -4.76. The van der Waals surface area contributed by atoms with E-state index in [1.54, 1.807) is 45.0 Å². The van der Waals surface area contributed by atoms with Gasteiger partial charge < -0.3 is 19.5 Å². The molecule has 2 aromatic carbocycles. The maximum absolute atomic E-state index is 13.5. The van der Waals surface area contributed by atoms with Gasteiger partial charge in [-0.05, 0) is 69.2 Å². The Kier molecular flexibility index (Phi) is 11.8. The van der Waals surface area contributed by atoms with Crippen molar-refractivity contribution in [2.75, 3.05) is 37.0 Å². The SMILES string of the molecule is CN(C)c1ccc(C(=O)N2CCSC[C@H](NC(=O)[C@H](Cc3ccc(OP(=O)(O)O)cc3)NNC(=O)OC(C)(C)C)C2=O)cc1. The van der Waals surface area contributed by atoms with Gasteiger partial charge in [0.1, 0.15) is 23.4 Å². The van der Waals surface area contributed by atoms with E-state index in [0.717, 1.165) is 10.6 Å². The van der Waals surface area contributed by atoms with Gasteiger partial charge in [-0.25, -0.2) is 14.8 Å². The van der Waals surface area contributed by atoms with E-state index in [0.29, 0.717) is 16.9 Å². The minimum absolute atomic E-state index is 0.00720. The molecule has 5 N–H and O–H groups in total. The molecule has 0 bridgehead atoms. The van der Waals surface area contributed by atoms with Gasteiger partial charge in [0.05, 0.1) is 0 Å². The molecule has 1 aliphatic rings. The molecule has 240 valence electrons. The van der Waals surface area contributed by atoms with Crippen LogP contribution in [0.4, 0.5) is 10.5 Å². The Morgan fingerprint density at radius 1 is 1.09 bits per heavy atom. The molecule has 1 heterocycles. The molecule has 14 nitrogen and oxygen atoms in total. The first-order chi connectivity index (χ1) is 20.5. The topological polar surface area (TPSA) is 187 Å². The molecule has 2 atom stereocenters. The molecule has 0 spiro atoms. The van der Waals surface area contributed by atoms with Gasteiger partial charge >= 0.3 is 13.9 Å². The quantitative estimate of drug-likeness (QED) is 0.143. The lowest BCUT2D eigenvalue weighted by Gasteiger charge is -2.26. The predicted octanol–water partition coefficient (Wildman–Crippen LogP) is 2.07. The van der Waals surface area contributed by atoms with Crippen molar-refractivity contribution in [3.8, 4) is 5.75 Å². The molecule has 2 aromatic rings. The van der Waals surface area contributed by atoms with Crippen molar-refractivity contribution in [3.63, 3.8) is 0 Å². The maximum Gasteiger partial charge on any atom is 0.524 e. The highest BCUT2D eigenvalue weighted by atomic mass is 32.2. The minimum Gasteiger partial charge on any atom is -0.443 e. The number of rotatable bonds is 10. The molecule has 3 rings (SSSR count). The average Bonchev–Trinajstić information content (AvgIpc) is 3.10. The van der Waals surface area contributed by atoms with Crippen LogP contribution < -0.4 is 25.6 Å². The number of anilines is 1. The summed E-state index contributed by atoms with van der Waals surface area (Å²) in [4.78, 5) is 73.7. The number of thioether (sulfide) groups is 1. The normalized spacial score (nSPS) is 16.4. The van der Waals surface area contributed by atoms with Gasteiger partial charge in [0.25, 0.3) is 11.8 Å². The summed E-state index contributed by atoms with van der Waals surface area (Å²) in [5.41, 5.74) is 5.97. The highest BCUT2D eigenvalue weighted by Crippen LogP contribution is 2.37. The van der Waals surface area contributed by atoms with Crippen LogP contribution in [0.2, 0.25) is 0 Å². The summed E-state index contributed by atoms with van der Waals surface area (Å²) in [6.45, 7) is 5.21. The van der Waals surface area contributed by atoms with Crippen LogP contribution in [0.5, 0.6) is 5.75 Å². The molecule has 4 amide bonds. The molecule has 16 heteroatoms. The van der Waals surface area contributed by atoms with Crippen LogP contribution >= 0.6 is 19.6 Å². The molecule has 0 saturated carbocycles. The monoisotopic (exact) mass is 651 g/mol. The van der Waals surface area contributed by atoms with Gasteiger partial charge in [-0.1, -0.05) is 12.1 Å². The summed E-state index contributed by atoms with van der Waals surface area (Å²) in [5, 5.41) is 2.71. The largest absolute Gasteiger partial charge is 0.524 e. The van der Waals surface area contributed by atoms with Gasteiger partial charge in [-0.15, -0.1) is 0 Å². The summed E-state index contributed by atoms with van der Waals surface area (Å²) >= 11 is 1.41. The Balaban J connectivity index is 1.76. The van der Waals surface area contributed by atoms with E-state index in [4.69, 9.17) is 14.5 Å². The maximum atomic E-state index is 13.5. The van der Waals surface area contributed by atoms with E-state index in [1.165, 1.54) is 36.0 Å². The molecule has 0 radical (unpaired) electrons. The lowest BCUT2D eigenvalue weighted by Crippen LogP contribution is -2.58. The number of amides is 4. The van der Waals surface area contributed by atoms with Crippen molar-refractivity contribution in [2.24, 2.45) is 0 Å². The molecule has 0 aliphatic carbocycles. The van der Waals surface area contributed by atoms with Crippen molar-refractivity contribution in [3.05, 3.63) is 59.7 Å². The van der Waals surface area contributed by atoms with E-state index in [9.17, 15) is 23.7 Å². The molecular weight excluding hydrogens is 613 g/mol. The zero-order valence-corrected chi connectivity index (χ0v) is 26.8. The molecular formula is C28H38N5O9PS. The fourth-order valence-corrected chi connectivity index (χ4v) is 5.42. The first kappa shape index (κ1) is 34.9. The summed E-state index contributed by atoms with van der Waals surface area (Å²) in [7, 11) is -1.00.